The van der Waals surface area contributed by atoms with Crippen LogP contribution < -0.4 is 5.73 Å². The van der Waals surface area contributed by atoms with E-state index in [0.717, 1.165) is 20.9 Å². The Labute approximate surface area is 107 Å². The first-order chi connectivity index (χ1) is 8.13. The van der Waals surface area contributed by atoms with E-state index in [-0.39, 0.29) is 0 Å². The molecule has 0 saturated heterocycles. The summed E-state index contributed by atoms with van der Waals surface area (Å²) in [5.41, 5.74) is 7.57. The molecule has 1 heterocycles. The highest BCUT2D eigenvalue weighted by atomic mass is 79.9. The molecule has 1 aromatic heterocycles. The number of rotatable bonds is 3. The van der Waals surface area contributed by atoms with Gasteiger partial charge in [-0.25, -0.2) is 4.79 Å². The molecule has 0 aliphatic rings. The zero-order valence-electron chi connectivity index (χ0n) is 9.37. The van der Waals surface area contributed by atoms with Gasteiger partial charge < -0.3 is 15.5 Å². The Bertz CT molecular complexity index is 550. The molecule has 17 heavy (non-hydrogen) atoms. The van der Waals surface area contributed by atoms with Crippen molar-refractivity contribution in [3.05, 3.63) is 34.4 Å². The van der Waals surface area contributed by atoms with Crippen molar-refractivity contribution in [1.29, 1.82) is 0 Å². The van der Waals surface area contributed by atoms with Gasteiger partial charge in [0.15, 0.2) is 0 Å². The van der Waals surface area contributed by atoms with Gasteiger partial charge in [-0.2, -0.15) is 0 Å². The van der Waals surface area contributed by atoms with Gasteiger partial charge in [-0.05, 0) is 25.1 Å². The van der Waals surface area contributed by atoms with E-state index in [9.17, 15) is 4.79 Å². The van der Waals surface area contributed by atoms with Crippen LogP contribution in [-0.4, -0.2) is 17.6 Å². The zero-order chi connectivity index (χ0) is 12.4. The number of hydrogen-bond donors (Lipinski definition) is 2. The quantitative estimate of drug-likeness (QED) is 0.855. The highest BCUT2D eigenvalue weighted by molar-refractivity contribution is 9.10. The zero-order valence-corrected chi connectivity index (χ0v) is 11.0. The summed E-state index contributed by atoms with van der Waals surface area (Å²) >= 11 is 3.40. The molecular weight excluding hydrogens is 284 g/mol. The highest BCUT2D eigenvalue weighted by Gasteiger charge is 2.20. The Morgan fingerprint density at radius 3 is 3.06 bits per heavy atom. The Morgan fingerprint density at radius 2 is 2.35 bits per heavy atom. The maximum absolute atomic E-state index is 11.6. The summed E-state index contributed by atoms with van der Waals surface area (Å²) in [7, 11) is 0. The van der Waals surface area contributed by atoms with E-state index in [0.29, 0.717) is 6.61 Å². The number of aromatic amines is 1. The lowest BCUT2D eigenvalue weighted by molar-refractivity contribution is -0.144. The first kappa shape index (κ1) is 12.1. The highest BCUT2D eigenvalue weighted by Crippen LogP contribution is 2.26. The van der Waals surface area contributed by atoms with Gasteiger partial charge in [0.1, 0.15) is 6.04 Å². The Balaban J connectivity index is 2.41. The summed E-state index contributed by atoms with van der Waals surface area (Å²) in [4.78, 5) is 14.7. The van der Waals surface area contributed by atoms with Crippen molar-refractivity contribution in [2.45, 2.75) is 13.0 Å². The van der Waals surface area contributed by atoms with E-state index in [4.69, 9.17) is 10.5 Å². The molecule has 0 bridgehead atoms. The van der Waals surface area contributed by atoms with Crippen LogP contribution in [0.25, 0.3) is 10.9 Å². The fourth-order valence-electron chi connectivity index (χ4n) is 1.73. The van der Waals surface area contributed by atoms with Gasteiger partial charge in [0.2, 0.25) is 0 Å². The minimum absolute atomic E-state index is 0.332. The first-order valence-corrected chi connectivity index (χ1v) is 6.11. The van der Waals surface area contributed by atoms with Crippen molar-refractivity contribution < 1.29 is 9.53 Å². The molecule has 1 aromatic carbocycles. The summed E-state index contributed by atoms with van der Waals surface area (Å²) in [6.07, 6.45) is 1.75. The van der Waals surface area contributed by atoms with Crippen LogP contribution in [0, 0.1) is 0 Å². The number of hydrogen-bond acceptors (Lipinski definition) is 3. The normalized spacial score (nSPS) is 12.6. The molecule has 0 fully saturated rings. The third-order valence-electron chi connectivity index (χ3n) is 2.55. The summed E-state index contributed by atoms with van der Waals surface area (Å²) in [6, 6.07) is 5.04. The molecule has 0 spiro atoms. The lowest BCUT2D eigenvalue weighted by Crippen LogP contribution is -2.23. The predicted molar refractivity (Wildman–Crippen MR) is 69.6 cm³/mol. The molecule has 0 amide bonds. The number of aromatic nitrogens is 1. The average Bonchev–Trinajstić information content (AvgIpc) is 2.71. The molecule has 0 radical (unpaired) electrons. The topological polar surface area (TPSA) is 68.1 Å². The molecule has 4 nitrogen and oxygen atoms in total. The second-order valence-electron chi connectivity index (χ2n) is 3.66. The van der Waals surface area contributed by atoms with Crippen LogP contribution in [0.3, 0.4) is 0 Å². The van der Waals surface area contributed by atoms with Crippen molar-refractivity contribution in [1.82, 2.24) is 4.98 Å². The maximum atomic E-state index is 11.6. The number of nitrogens with two attached hydrogens (primary N) is 1. The van der Waals surface area contributed by atoms with Crippen LogP contribution in [0.1, 0.15) is 18.5 Å². The van der Waals surface area contributed by atoms with Gasteiger partial charge in [0, 0.05) is 27.1 Å². The number of halogens is 1. The molecule has 5 heteroatoms. The predicted octanol–water partition coefficient (Wildman–Crippen LogP) is 2.49. The van der Waals surface area contributed by atoms with Crippen LogP contribution >= 0.6 is 15.9 Å². The number of carbonyl (C=O) groups is 1. The minimum Gasteiger partial charge on any atom is -0.465 e. The van der Waals surface area contributed by atoms with Crippen LogP contribution in [-0.2, 0) is 9.53 Å². The van der Waals surface area contributed by atoms with Gasteiger partial charge in [0.05, 0.1) is 6.61 Å². The summed E-state index contributed by atoms with van der Waals surface area (Å²) in [5, 5.41) is 0.930. The number of H-pyrrole nitrogens is 1. The standard InChI is InChI=1S/C12H13BrN2O2/c1-2-17-12(16)11(14)9-6-15-10-4-3-7(13)5-8(9)10/h3-6,11,15H,2,14H2,1H3/t11-/m0/s1. The van der Waals surface area contributed by atoms with Crippen LogP contribution in [0.2, 0.25) is 0 Å². The summed E-state index contributed by atoms with van der Waals surface area (Å²) < 4.78 is 5.86. The van der Waals surface area contributed by atoms with Gasteiger partial charge in [-0.15, -0.1) is 0 Å². The van der Waals surface area contributed by atoms with Crippen molar-refractivity contribution in [2.24, 2.45) is 5.73 Å². The van der Waals surface area contributed by atoms with E-state index in [1.54, 1.807) is 13.1 Å². The largest absolute Gasteiger partial charge is 0.465 e. The molecule has 0 saturated carbocycles. The number of ether oxygens (including phenoxy) is 1. The SMILES string of the molecule is CCOC(=O)[C@@H](N)c1c[nH]c2ccc(Br)cc12. The maximum Gasteiger partial charge on any atom is 0.327 e. The summed E-state index contributed by atoms with van der Waals surface area (Å²) in [6.45, 7) is 2.09. The van der Waals surface area contributed by atoms with Gasteiger partial charge in [0.25, 0.3) is 0 Å². The fraction of sp³-hybridized carbons (Fsp3) is 0.250. The number of carbonyl (C=O) groups excluding carboxylic acids is 1. The third-order valence-corrected chi connectivity index (χ3v) is 3.04. The van der Waals surface area contributed by atoms with Crippen molar-refractivity contribution in [3.8, 4) is 0 Å². The molecule has 0 aliphatic carbocycles. The van der Waals surface area contributed by atoms with E-state index in [1.807, 2.05) is 18.2 Å². The number of benzene rings is 1. The number of nitrogens with one attached hydrogen (secondary N) is 1. The van der Waals surface area contributed by atoms with Crippen LogP contribution in [0.15, 0.2) is 28.9 Å². The van der Waals surface area contributed by atoms with E-state index in [1.165, 1.54) is 0 Å². The van der Waals surface area contributed by atoms with Crippen LogP contribution in [0.4, 0.5) is 0 Å². The molecular formula is C12H13BrN2O2. The van der Waals surface area contributed by atoms with Crippen LogP contribution in [0.5, 0.6) is 0 Å². The van der Waals surface area contributed by atoms with Gasteiger partial charge in [-0.1, -0.05) is 15.9 Å². The smallest absolute Gasteiger partial charge is 0.327 e. The second-order valence-corrected chi connectivity index (χ2v) is 4.58. The Morgan fingerprint density at radius 1 is 1.59 bits per heavy atom. The molecule has 2 aromatic rings. The molecule has 0 unspecified atom stereocenters. The fourth-order valence-corrected chi connectivity index (χ4v) is 2.09. The van der Waals surface area contributed by atoms with Gasteiger partial charge in [-0.3, -0.25) is 0 Å². The first-order valence-electron chi connectivity index (χ1n) is 5.32. The van der Waals surface area contributed by atoms with Gasteiger partial charge >= 0.3 is 5.97 Å². The number of esters is 1. The molecule has 3 N–H and O–H groups in total. The molecule has 0 aliphatic heterocycles. The second kappa shape index (κ2) is 4.89. The lowest BCUT2D eigenvalue weighted by Gasteiger charge is -2.09. The van der Waals surface area contributed by atoms with Crippen molar-refractivity contribution in [3.63, 3.8) is 0 Å². The lowest BCUT2D eigenvalue weighted by atomic mass is 10.1. The summed E-state index contributed by atoms with van der Waals surface area (Å²) in [5.74, 6) is -0.409. The molecule has 2 rings (SSSR count). The Kier molecular flexibility index (Phi) is 3.49. The van der Waals surface area contributed by atoms with E-state index < -0.39 is 12.0 Å². The molecule has 90 valence electrons. The van der Waals surface area contributed by atoms with Crippen molar-refractivity contribution >= 4 is 32.8 Å². The van der Waals surface area contributed by atoms with Crippen molar-refractivity contribution in [2.75, 3.05) is 6.61 Å². The van der Waals surface area contributed by atoms with E-state index in [2.05, 4.69) is 20.9 Å². The average molecular weight is 297 g/mol. The minimum atomic E-state index is -0.752. The molecule has 1 atom stereocenters. The number of fused-ring (bicyclic) bond motifs is 1. The van der Waals surface area contributed by atoms with E-state index >= 15 is 0 Å². The monoisotopic (exact) mass is 296 g/mol. The Hall–Kier alpha value is -1.33. The third kappa shape index (κ3) is 2.35.